The standard InChI is InChI=1S/C22H21F3N2O2S/c23-16-12-10-14(11-13-16)19-26-27(20(28)15-6-2-1-3-7-15)21(30-19)17-8-4-5-9-18(17)29-22(24)25/h4-5,8-13,15,21-22H,1-3,6-7H2. The van der Waals surface area contributed by atoms with Gasteiger partial charge in [-0.1, -0.05) is 49.2 Å². The first-order valence-electron chi connectivity index (χ1n) is 9.91. The van der Waals surface area contributed by atoms with Crippen molar-refractivity contribution in [1.82, 2.24) is 5.01 Å². The molecule has 2 aromatic carbocycles. The Kier molecular flexibility index (Phi) is 6.32. The largest absolute Gasteiger partial charge is 0.434 e. The Morgan fingerprint density at radius 1 is 1.07 bits per heavy atom. The molecule has 2 aromatic rings. The first-order valence-corrected chi connectivity index (χ1v) is 10.8. The van der Waals surface area contributed by atoms with Gasteiger partial charge in [-0.25, -0.2) is 9.40 Å². The normalized spacial score (nSPS) is 19.8. The highest BCUT2D eigenvalue weighted by molar-refractivity contribution is 8.14. The van der Waals surface area contributed by atoms with Crippen molar-refractivity contribution in [2.24, 2.45) is 11.0 Å². The van der Waals surface area contributed by atoms with Gasteiger partial charge in [0, 0.05) is 17.0 Å². The molecule has 1 fully saturated rings. The summed E-state index contributed by atoms with van der Waals surface area (Å²) >= 11 is 1.27. The average Bonchev–Trinajstić information content (AvgIpc) is 3.19. The first kappa shape index (κ1) is 20.8. The van der Waals surface area contributed by atoms with Crippen LogP contribution in [-0.2, 0) is 4.79 Å². The number of hydrogen-bond acceptors (Lipinski definition) is 4. The van der Waals surface area contributed by atoms with E-state index in [0.29, 0.717) is 16.2 Å². The van der Waals surface area contributed by atoms with Gasteiger partial charge in [0.25, 0.3) is 0 Å². The molecular weight excluding hydrogens is 413 g/mol. The molecule has 1 atom stereocenters. The average molecular weight is 434 g/mol. The van der Waals surface area contributed by atoms with E-state index in [1.54, 1.807) is 30.3 Å². The van der Waals surface area contributed by atoms with Crippen molar-refractivity contribution in [2.45, 2.75) is 44.1 Å². The minimum absolute atomic E-state index is 0.0157. The van der Waals surface area contributed by atoms with Crippen LogP contribution in [0.1, 0.15) is 48.6 Å². The Hall–Kier alpha value is -2.48. The van der Waals surface area contributed by atoms with Gasteiger partial charge in [0.05, 0.1) is 0 Å². The van der Waals surface area contributed by atoms with Gasteiger partial charge in [-0.3, -0.25) is 4.79 Å². The van der Waals surface area contributed by atoms with Gasteiger partial charge in [0.15, 0.2) is 0 Å². The lowest BCUT2D eigenvalue weighted by atomic mass is 9.88. The predicted octanol–water partition coefficient (Wildman–Crippen LogP) is 5.94. The van der Waals surface area contributed by atoms with E-state index in [1.165, 1.54) is 35.0 Å². The summed E-state index contributed by atoms with van der Waals surface area (Å²) in [4.78, 5) is 13.3. The molecule has 0 bridgehead atoms. The topological polar surface area (TPSA) is 41.9 Å². The van der Waals surface area contributed by atoms with E-state index in [2.05, 4.69) is 5.10 Å². The van der Waals surface area contributed by atoms with E-state index in [9.17, 15) is 18.0 Å². The molecule has 0 radical (unpaired) electrons. The van der Waals surface area contributed by atoms with Gasteiger partial charge in [0.2, 0.25) is 5.91 Å². The summed E-state index contributed by atoms with van der Waals surface area (Å²) < 4.78 is 43.9. The van der Waals surface area contributed by atoms with Gasteiger partial charge in [-0.15, -0.1) is 0 Å². The number of amides is 1. The van der Waals surface area contributed by atoms with E-state index in [0.717, 1.165) is 32.1 Å². The summed E-state index contributed by atoms with van der Waals surface area (Å²) in [6.45, 7) is -2.97. The van der Waals surface area contributed by atoms with Crippen LogP contribution in [0.25, 0.3) is 0 Å². The summed E-state index contributed by atoms with van der Waals surface area (Å²) in [6.07, 6.45) is 4.67. The Morgan fingerprint density at radius 3 is 2.47 bits per heavy atom. The zero-order valence-electron chi connectivity index (χ0n) is 16.1. The highest BCUT2D eigenvalue weighted by Crippen LogP contribution is 2.46. The number of alkyl halides is 2. The molecule has 158 valence electrons. The molecule has 0 spiro atoms. The summed E-state index contributed by atoms with van der Waals surface area (Å²) in [5.41, 5.74) is 1.12. The second-order valence-electron chi connectivity index (χ2n) is 7.32. The number of nitrogens with zero attached hydrogens (tertiary/aromatic N) is 2. The zero-order chi connectivity index (χ0) is 21.1. The smallest absolute Gasteiger partial charge is 0.387 e. The molecule has 0 N–H and O–H groups in total. The number of ether oxygens (including phenoxy) is 1. The maximum absolute atomic E-state index is 13.3. The van der Waals surface area contributed by atoms with Crippen molar-refractivity contribution >= 4 is 22.7 Å². The third kappa shape index (κ3) is 4.48. The molecule has 1 heterocycles. The summed E-state index contributed by atoms with van der Waals surface area (Å²) in [5.74, 6) is -0.607. The maximum Gasteiger partial charge on any atom is 0.387 e. The number of halogens is 3. The Labute approximate surface area is 177 Å². The minimum atomic E-state index is -2.97. The molecule has 1 saturated carbocycles. The first-order chi connectivity index (χ1) is 14.5. The number of hydrazone groups is 1. The second-order valence-corrected chi connectivity index (χ2v) is 8.39. The molecule has 0 aromatic heterocycles. The quantitative estimate of drug-likeness (QED) is 0.585. The molecule has 30 heavy (non-hydrogen) atoms. The van der Waals surface area contributed by atoms with E-state index < -0.39 is 12.0 Å². The fraction of sp³-hybridized carbons (Fsp3) is 0.364. The fourth-order valence-electron chi connectivity index (χ4n) is 3.83. The fourth-order valence-corrected chi connectivity index (χ4v) is 5.02. The van der Waals surface area contributed by atoms with Crippen molar-refractivity contribution in [3.05, 3.63) is 65.5 Å². The van der Waals surface area contributed by atoms with E-state index in [1.807, 2.05) is 0 Å². The third-order valence-corrected chi connectivity index (χ3v) is 6.53. The monoisotopic (exact) mass is 434 g/mol. The Morgan fingerprint density at radius 2 is 1.77 bits per heavy atom. The lowest BCUT2D eigenvalue weighted by molar-refractivity contribution is -0.137. The number of rotatable bonds is 5. The number of carbonyl (C=O) groups is 1. The van der Waals surface area contributed by atoms with Gasteiger partial charge >= 0.3 is 6.61 Å². The molecular formula is C22H21F3N2O2S. The van der Waals surface area contributed by atoms with Crippen molar-refractivity contribution in [3.8, 4) is 5.75 Å². The van der Waals surface area contributed by atoms with Crippen LogP contribution in [0, 0.1) is 11.7 Å². The minimum Gasteiger partial charge on any atom is -0.434 e. The molecule has 4 rings (SSSR count). The van der Waals surface area contributed by atoms with E-state index in [4.69, 9.17) is 4.74 Å². The van der Waals surface area contributed by atoms with Gasteiger partial charge in [-0.05, 0) is 43.2 Å². The van der Waals surface area contributed by atoms with Crippen molar-refractivity contribution in [3.63, 3.8) is 0 Å². The number of para-hydroxylation sites is 1. The van der Waals surface area contributed by atoms with E-state index in [-0.39, 0.29) is 23.4 Å². The lowest BCUT2D eigenvalue weighted by Gasteiger charge is -2.28. The van der Waals surface area contributed by atoms with Gasteiger partial charge in [-0.2, -0.15) is 13.9 Å². The lowest BCUT2D eigenvalue weighted by Crippen LogP contribution is -2.33. The number of carbonyl (C=O) groups excluding carboxylic acids is 1. The second kappa shape index (κ2) is 9.12. The van der Waals surface area contributed by atoms with Crippen LogP contribution >= 0.6 is 11.8 Å². The molecule has 8 heteroatoms. The van der Waals surface area contributed by atoms with Gasteiger partial charge < -0.3 is 4.74 Å². The number of benzene rings is 2. The van der Waals surface area contributed by atoms with Crippen LogP contribution in [0.3, 0.4) is 0 Å². The van der Waals surface area contributed by atoms with Crippen LogP contribution in [0.4, 0.5) is 13.2 Å². The molecule has 1 aliphatic heterocycles. The summed E-state index contributed by atoms with van der Waals surface area (Å²) in [5, 5.41) is 5.84. The summed E-state index contributed by atoms with van der Waals surface area (Å²) in [7, 11) is 0. The van der Waals surface area contributed by atoms with Crippen molar-refractivity contribution < 1.29 is 22.7 Å². The zero-order valence-corrected chi connectivity index (χ0v) is 17.0. The Balaban J connectivity index is 1.69. The van der Waals surface area contributed by atoms with Crippen LogP contribution in [0.2, 0.25) is 0 Å². The molecule has 1 aliphatic carbocycles. The van der Waals surface area contributed by atoms with Crippen LogP contribution in [0.15, 0.2) is 53.6 Å². The Bertz CT molecular complexity index is 930. The molecule has 1 amide bonds. The van der Waals surface area contributed by atoms with Crippen molar-refractivity contribution in [1.29, 1.82) is 0 Å². The SMILES string of the molecule is O=C(C1CCCCC1)N1N=C(c2ccc(F)cc2)SC1c1ccccc1OC(F)F. The molecule has 1 unspecified atom stereocenters. The highest BCUT2D eigenvalue weighted by atomic mass is 32.2. The molecule has 0 saturated heterocycles. The molecule has 4 nitrogen and oxygen atoms in total. The third-order valence-electron chi connectivity index (χ3n) is 5.32. The maximum atomic E-state index is 13.3. The van der Waals surface area contributed by atoms with Gasteiger partial charge in [0.1, 0.15) is 22.0 Å². The molecule has 2 aliphatic rings. The highest BCUT2D eigenvalue weighted by Gasteiger charge is 2.39. The number of thioether (sulfide) groups is 1. The summed E-state index contributed by atoms with van der Waals surface area (Å²) in [6, 6.07) is 12.3. The van der Waals surface area contributed by atoms with Crippen molar-refractivity contribution in [2.75, 3.05) is 0 Å². The van der Waals surface area contributed by atoms with Crippen LogP contribution in [-0.4, -0.2) is 22.6 Å². The number of hydrogen-bond donors (Lipinski definition) is 0. The predicted molar refractivity (Wildman–Crippen MR) is 110 cm³/mol. The van der Waals surface area contributed by atoms with Crippen LogP contribution < -0.4 is 4.74 Å². The van der Waals surface area contributed by atoms with E-state index >= 15 is 0 Å². The van der Waals surface area contributed by atoms with Crippen LogP contribution in [0.5, 0.6) is 5.75 Å².